The number of hydrogen-bond acceptors (Lipinski definition) is 8. The number of carbonyl (C=O) groups is 3. The Morgan fingerprint density at radius 3 is 2.33 bits per heavy atom. The molecule has 10 nitrogen and oxygen atoms in total. The summed E-state index contributed by atoms with van der Waals surface area (Å²) >= 11 is 1.42. The van der Waals surface area contributed by atoms with Crippen LogP contribution in [0.15, 0.2) is 77.7 Å². The molecule has 3 atom stereocenters. The molecule has 0 saturated carbocycles. The molecule has 11 heteroatoms. The van der Waals surface area contributed by atoms with Crippen LogP contribution in [-0.2, 0) is 25.7 Å². The smallest absolute Gasteiger partial charge is 0.336 e. The normalized spacial score (nSPS) is 18.3. The number of amides is 2. The van der Waals surface area contributed by atoms with E-state index in [9.17, 15) is 24.6 Å². The van der Waals surface area contributed by atoms with E-state index in [2.05, 4.69) is 5.32 Å². The van der Waals surface area contributed by atoms with Gasteiger partial charge in [0, 0.05) is 41.2 Å². The molecule has 1 fully saturated rings. The number of rotatable bonds is 13. The first-order valence-electron chi connectivity index (χ1n) is 13.6. The van der Waals surface area contributed by atoms with Crippen molar-refractivity contribution in [3.8, 4) is 0 Å². The molecule has 0 unspecified atom stereocenters. The van der Waals surface area contributed by atoms with Crippen molar-refractivity contribution in [3.63, 3.8) is 0 Å². The summed E-state index contributed by atoms with van der Waals surface area (Å²) in [5.74, 6) is -1.17. The Balaban J connectivity index is 1.47. The Bertz CT molecular complexity index is 1370. The minimum absolute atomic E-state index is 0.0592. The highest BCUT2D eigenvalue weighted by atomic mass is 32.2. The molecule has 0 spiro atoms. The van der Waals surface area contributed by atoms with E-state index in [1.807, 2.05) is 30.3 Å². The molecule has 3 aromatic carbocycles. The highest BCUT2D eigenvalue weighted by Crippen LogP contribution is 2.40. The molecule has 0 aromatic heterocycles. The molecular weight excluding hydrogens is 560 g/mol. The number of aliphatic hydroxyl groups excluding tert-OH is 1. The van der Waals surface area contributed by atoms with Gasteiger partial charge in [0.25, 0.3) is 0 Å². The number of ether oxygens (including phenoxy) is 2. The van der Waals surface area contributed by atoms with Crippen LogP contribution >= 0.6 is 11.8 Å². The zero-order chi connectivity index (χ0) is 29.9. The van der Waals surface area contributed by atoms with Gasteiger partial charge in [-0.25, -0.2) is 10.3 Å². The summed E-state index contributed by atoms with van der Waals surface area (Å²) in [5.41, 5.74) is 4.83. The van der Waals surface area contributed by atoms with Crippen LogP contribution in [0.3, 0.4) is 0 Å². The van der Waals surface area contributed by atoms with Crippen LogP contribution in [0.5, 0.6) is 0 Å². The first-order valence-corrected chi connectivity index (χ1v) is 14.6. The van der Waals surface area contributed by atoms with Gasteiger partial charge in [0.2, 0.25) is 11.8 Å². The van der Waals surface area contributed by atoms with Gasteiger partial charge < -0.3 is 25.0 Å². The molecule has 42 heavy (non-hydrogen) atoms. The summed E-state index contributed by atoms with van der Waals surface area (Å²) in [7, 11) is 0. The summed E-state index contributed by atoms with van der Waals surface area (Å²) in [5, 5.41) is 30.5. The third kappa shape index (κ3) is 8.88. The average molecular weight is 595 g/mol. The zero-order valence-corrected chi connectivity index (χ0v) is 23.7. The molecule has 2 amide bonds. The van der Waals surface area contributed by atoms with Crippen molar-refractivity contribution in [1.82, 2.24) is 5.48 Å². The van der Waals surface area contributed by atoms with Crippen LogP contribution in [0.1, 0.15) is 71.5 Å². The van der Waals surface area contributed by atoms with E-state index in [0.717, 1.165) is 11.1 Å². The number of aromatic carboxylic acids is 1. The van der Waals surface area contributed by atoms with Gasteiger partial charge >= 0.3 is 5.97 Å². The maximum absolute atomic E-state index is 12.5. The van der Waals surface area contributed by atoms with Gasteiger partial charge in [0.1, 0.15) is 0 Å². The van der Waals surface area contributed by atoms with Crippen LogP contribution < -0.4 is 10.8 Å². The number of thioether (sulfide) groups is 1. The fraction of sp³-hybridized carbons (Fsp3) is 0.323. The fourth-order valence-electron chi connectivity index (χ4n) is 4.59. The Morgan fingerprint density at radius 2 is 1.62 bits per heavy atom. The predicted molar refractivity (Wildman–Crippen MR) is 156 cm³/mol. The molecule has 1 heterocycles. The lowest BCUT2D eigenvalue weighted by Crippen LogP contribution is -2.31. The van der Waals surface area contributed by atoms with Crippen LogP contribution in [0, 0.1) is 0 Å². The second-order valence-electron chi connectivity index (χ2n) is 9.88. The molecular formula is C31H34N2O8S. The Kier molecular flexibility index (Phi) is 11.5. The number of benzene rings is 3. The molecule has 222 valence electrons. The second kappa shape index (κ2) is 15.5. The zero-order valence-electron chi connectivity index (χ0n) is 22.9. The van der Waals surface area contributed by atoms with E-state index in [0.29, 0.717) is 41.2 Å². The largest absolute Gasteiger partial charge is 0.478 e. The van der Waals surface area contributed by atoms with Crippen molar-refractivity contribution in [2.45, 2.75) is 62.1 Å². The highest BCUT2D eigenvalue weighted by Gasteiger charge is 2.32. The Labute approximate surface area is 248 Å². The predicted octanol–water partition coefficient (Wildman–Crippen LogP) is 5.22. The van der Waals surface area contributed by atoms with Gasteiger partial charge in [-0.15, -0.1) is 11.8 Å². The van der Waals surface area contributed by atoms with Crippen LogP contribution in [-0.4, -0.2) is 45.1 Å². The molecule has 4 rings (SSSR count). The number of nitrogens with one attached hydrogen (secondary N) is 2. The number of carboxylic acids is 1. The number of hydroxylamine groups is 1. The van der Waals surface area contributed by atoms with Crippen LogP contribution in [0.2, 0.25) is 0 Å². The average Bonchev–Trinajstić information content (AvgIpc) is 3.02. The minimum Gasteiger partial charge on any atom is -0.478 e. The second-order valence-corrected chi connectivity index (χ2v) is 10.9. The summed E-state index contributed by atoms with van der Waals surface area (Å²) in [6, 6.07) is 21.6. The molecule has 0 aliphatic carbocycles. The number of hydrogen-bond donors (Lipinski definition) is 5. The van der Waals surface area contributed by atoms with Gasteiger partial charge in [-0.2, -0.15) is 0 Å². The fourth-order valence-corrected chi connectivity index (χ4v) is 5.65. The van der Waals surface area contributed by atoms with E-state index in [1.54, 1.807) is 47.9 Å². The summed E-state index contributed by atoms with van der Waals surface area (Å²) in [6.07, 6.45) is 0.551. The van der Waals surface area contributed by atoms with Crippen molar-refractivity contribution in [3.05, 3.63) is 95.1 Å². The molecule has 5 N–H and O–H groups in total. The van der Waals surface area contributed by atoms with E-state index in [-0.39, 0.29) is 43.1 Å². The maximum atomic E-state index is 12.5. The van der Waals surface area contributed by atoms with E-state index in [4.69, 9.17) is 14.7 Å². The third-order valence-electron chi connectivity index (χ3n) is 6.78. The summed E-state index contributed by atoms with van der Waals surface area (Å²) < 4.78 is 12.8. The van der Waals surface area contributed by atoms with Gasteiger partial charge in [0.05, 0.1) is 24.4 Å². The summed E-state index contributed by atoms with van der Waals surface area (Å²) in [6.45, 7) is -0.0592. The maximum Gasteiger partial charge on any atom is 0.336 e. The van der Waals surface area contributed by atoms with Crippen molar-refractivity contribution < 1.29 is 39.3 Å². The lowest BCUT2D eigenvalue weighted by atomic mass is 10.0. The number of aliphatic hydroxyl groups is 1. The number of carbonyl (C=O) groups excluding carboxylic acids is 2. The van der Waals surface area contributed by atoms with E-state index >= 15 is 0 Å². The summed E-state index contributed by atoms with van der Waals surface area (Å²) in [4.78, 5) is 35.9. The quantitative estimate of drug-likeness (QED) is 0.0775. The monoisotopic (exact) mass is 594 g/mol. The van der Waals surface area contributed by atoms with Gasteiger partial charge in [-0.1, -0.05) is 48.5 Å². The number of anilines is 1. The topological polar surface area (TPSA) is 154 Å². The van der Waals surface area contributed by atoms with Gasteiger partial charge in [-0.05, 0) is 48.2 Å². The SMILES string of the molecule is O=C(CCCCC(=O)Nc1cccc([C@H]2O[C@@H](CSc3ccccc3C(=O)O)C[C@@H](c3ccc(CO)cc3)O2)c1)NO. The molecule has 0 bridgehead atoms. The lowest BCUT2D eigenvalue weighted by Gasteiger charge is -2.36. The number of carboxylic acid groups (broad SMARTS) is 1. The van der Waals surface area contributed by atoms with Crippen molar-refractivity contribution in [1.29, 1.82) is 0 Å². The Hall–Kier alpha value is -3.74. The highest BCUT2D eigenvalue weighted by molar-refractivity contribution is 7.99. The first-order chi connectivity index (χ1) is 20.4. The van der Waals surface area contributed by atoms with Crippen LogP contribution in [0.25, 0.3) is 0 Å². The van der Waals surface area contributed by atoms with Crippen molar-refractivity contribution in [2.75, 3.05) is 11.1 Å². The Morgan fingerprint density at radius 1 is 0.881 bits per heavy atom. The van der Waals surface area contributed by atoms with E-state index < -0.39 is 18.2 Å². The molecule has 0 radical (unpaired) electrons. The minimum atomic E-state index is -0.986. The first kappa shape index (κ1) is 31.2. The molecule has 1 aliphatic rings. The van der Waals surface area contributed by atoms with Crippen molar-refractivity contribution in [2.24, 2.45) is 0 Å². The molecule has 1 saturated heterocycles. The van der Waals surface area contributed by atoms with Gasteiger partial charge in [0.15, 0.2) is 6.29 Å². The lowest BCUT2D eigenvalue weighted by molar-refractivity contribution is -0.245. The molecule has 1 aliphatic heterocycles. The standard InChI is InChI=1S/C31H34N2O8S/c34-18-20-12-14-21(15-13-20)26-17-24(19-42-27-9-2-1-8-25(27)30(37)38)40-31(41-26)22-6-5-7-23(16-22)32-28(35)10-3-4-11-29(36)33-39/h1-2,5-9,12-16,24,26,31,34,39H,3-4,10-11,17-19H2,(H,32,35)(H,33,36)(H,37,38)/t24-,26+,31+/m1/s1. The van der Waals surface area contributed by atoms with Crippen LogP contribution in [0.4, 0.5) is 5.69 Å². The molecule has 3 aromatic rings. The number of unbranched alkanes of at least 4 members (excludes halogenated alkanes) is 1. The van der Waals surface area contributed by atoms with E-state index in [1.165, 1.54) is 11.8 Å². The van der Waals surface area contributed by atoms with Crippen molar-refractivity contribution >= 4 is 35.2 Å². The third-order valence-corrected chi connectivity index (χ3v) is 7.99. The van der Waals surface area contributed by atoms with Gasteiger partial charge in [-0.3, -0.25) is 14.8 Å².